The molecule has 1 unspecified atom stereocenters. The second-order valence-electron chi connectivity index (χ2n) is 5.78. The number of nitrogens with zero attached hydrogens (tertiary/aromatic N) is 1. The summed E-state index contributed by atoms with van der Waals surface area (Å²) in [6, 6.07) is 2.40. The molecular weight excluding hydrogens is 326 g/mol. The van der Waals surface area contributed by atoms with Crippen LogP contribution in [0.1, 0.15) is 35.4 Å². The molecule has 3 nitrogen and oxygen atoms in total. The molecule has 0 radical (unpaired) electrons. The molecule has 1 aromatic carbocycles. The third-order valence-corrected chi connectivity index (χ3v) is 4.28. The average molecular weight is 339 g/mol. The van der Waals surface area contributed by atoms with Crippen LogP contribution >= 0.6 is 0 Å². The number of carbonyl (C=O) groups is 1. The van der Waals surface area contributed by atoms with Crippen molar-refractivity contribution in [2.24, 2.45) is 0 Å². The summed E-state index contributed by atoms with van der Waals surface area (Å²) in [5.74, 6) is -2.11. The van der Waals surface area contributed by atoms with Gasteiger partial charge in [0.2, 0.25) is 0 Å². The average Bonchev–Trinajstić information content (AvgIpc) is 2.89. The van der Waals surface area contributed by atoms with Crippen LogP contribution in [0.5, 0.6) is 0 Å². The summed E-state index contributed by atoms with van der Waals surface area (Å²) >= 11 is 0. The van der Waals surface area contributed by atoms with Crippen LogP contribution in [-0.2, 0) is 17.4 Å². The maximum absolute atomic E-state index is 14.2. The highest BCUT2D eigenvalue weighted by Crippen LogP contribution is 2.41. The summed E-state index contributed by atoms with van der Waals surface area (Å²) in [6.45, 7) is 0. The highest BCUT2D eigenvalue weighted by atomic mass is 19.4. The highest BCUT2D eigenvalue weighted by Gasteiger charge is 2.32. The van der Waals surface area contributed by atoms with Gasteiger partial charge in [0.05, 0.1) is 12.0 Å². The Morgan fingerprint density at radius 1 is 1.25 bits per heavy atom. The first-order valence-electron chi connectivity index (χ1n) is 7.33. The molecule has 24 heavy (non-hydrogen) atoms. The molecule has 1 aliphatic carbocycles. The lowest BCUT2D eigenvalue weighted by Gasteiger charge is -2.13. The van der Waals surface area contributed by atoms with Crippen LogP contribution < -0.4 is 0 Å². The lowest BCUT2D eigenvalue weighted by Crippen LogP contribution is -2.06. The van der Waals surface area contributed by atoms with E-state index in [4.69, 9.17) is 5.11 Å². The van der Waals surface area contributed by atoms with Crippen LogP contribution in [0.15, 0.2) is 30.6 Å². The van der Waals surface area contributed by atoms with Gasteiger partial charge in [0.15, 0.2) is 0 Å². The summed E-state index contributed by atoms with van der Waals surface area (Å²) in [5.41, 5.74) is 0.909. The predicted molar refractivity (Wildman–Crippen MR) is 77.9 cm³/mol. The number of fused-ring (bicyclic) bond motifs is 1. The van der Waals surface area contributed by atoms with Gasteiger partial charge in [-0.05, 0) is 42.0 Å². The molecule has 1 N–H and O–H groups in total. The zero-order valence-corrected chi connectivity index (χ0v) is 12.4. The number of aliphatic carboxylic acids is 1. The lowest BCUT2D eigenvalue weighted by molar-refractivity contribution is -0.138. The minimum atomic E-state index is -4.61. The van der Waals surface area contributed by atoms with E-state index in [2.05, 4.69) is 4.98 Å². The normalized spacial score (nSPS) is 16.9. The molecule has 1 heterocycles. The number of benzene rings is 1. The van der Waals surface area contributed by atoms with Gasteiger partial charge >= 0.3 is 12.1 Å². The number of aromatic nitrogens is 1. The predicted octanol–water partition coefficient (Wildman–Crippen LogP) is 4.41. The summed E-state index contributed by atoms with van der Waals surface area (Å²) < 4.78 is 52.2. The van der Waals surface area contributed by atoms with Gasteiger partial charge in [-0.1, -0.05) is 6.07 Å². The number of rotatable bonds is 3. The second kappa shape index (κ2) is 5.89. The third kappa shape index (κ3) is 2.98. The first-order valence-corrected chi connectivity index (χ1v) is 7.33. The Balaban J connectivity index is 2.03. The van der Waals surface area contributed by atoms with E-state index in [9.17, 15) is 22.4 Å². The van der Waals surface area contributed by atoms with Crippen LogP contribution in [0.25, 0.3) is 11.1 Å². The molecule has 7 heteroatoms. The molecule has 126 valence electrons. The fourth-order valence-electron chi connectivity index (χ4n) is 3.17. The number of halogens is 4. The van der Waals surface area contributed by atoms with E-state index in [1.807, 2.05) is 0 Å². The smallest absolute Gasteiger partial charge is 0.416 e. The number of carboxylic acids is 1. The Hall–Kier alpha value is -2.44. The molecule has 0 saturated carbocycles. The summed E-state index contributed by atoms with van der Waals surface area (Å²) in [6.07, 6.45) is -0.542. The van der Waals surface area contributed by atoms with Gasteiger partial charge in [0, 0.05) is 23.5 Å². The van der Waals surface area contributed by atoms with Crippen LogP contribution in [0.2, 0.25) is 0 Å². The van der Waals surface area contributed by atoms with Crippen molar-refractivity contribution in [3.05, 3.63) is 53.1 Å². The van der Waals surface area contributed by atoms with Crippen LogP contribution in [-0.4, -0.2) is 16.1 Å². The highest BCUT2D eigenvalue weighted by molar-refractivity contribution is 5.72. The third-order valence-electron chi connectivity index (χ3n) is 4.28. The van der Waals surface area contributed by atoms with E-state index in [1.165, 1.54) is 6.20 Å². The molecule has 1 atom stereocenters. The Morgan fingerprint density at radius 3 is 2.62 bits per heavy atom. The number of hydrogen-bond acceptors (Lipinski definition) is 2. The largest absolute Gasteiger partial charge is 0.481 e. The summed E-state index contributed by atoms with van der Waals surface area (Å²) in [4.78, 5) is 14.9. The van der Waals surface area contributed by atoms with E-state index in [0.717, 1.165) is 23.3 Å². The van der Waals surface area contributed by atoms with Crippen molar-refractivity contribution in [3.8, 4) is 11.1 Å². The van der Waals surface area contributed by atoms with Crippen molar-refractivity contribution in [2.45, 2.75) is 31.4 Å². The standard InChI is InChI=1S/C17H13F4NO2/c18-15-6-10(17(19,20)21)2-4-12(15)14-8-22-7-13-9(5-16(23)24)1-3-11(13)14/h2,4,6-9H,1,3,5H2,(H,23,24). The Morgan fingerprint density at radius 2 is 2.00 bits per heavy atom. The number of alkyl halides is 3. The van der Waals surface area contributed by atoms with Crippen molar-refractivity contribution in [3.63, 3.8) is 0 Å². The molecule has 0 saturated heterocycles. The van der Waals surface area contributed by atoms with E-state index < -0.39 is 23.5 Å². The Kier molecular flexibility index (Phi) is 4.03. The van der Waals surface area contributed by atoms with Crippen LogP contribution in [0.4, 0.5) is 17.6 Å². The molecule has 1 aromatic heterocycles. The SMILES string of the molecule is O=C(O)CC1CCc2c(-c3ccc(C(F)(F)F)cc3F)cncc21. The molecule has 0 fully saturated rings. The van der Waals surface area contributed by atoms with Gasteiger partial charge in [0.25, 0.3) is 0 Å². The van der Waals surface area contributed by atoms with Gasteiger partial charge in [0.1, 0.15) is 5.82 Å². The van der Waals surface area contributed by atoms with Crippen LogP contribution in [0.3, 0.4) is 0 Å². The Bertz CT molecular complexity index is 802. The first-order chi connectivity index (χ1) is 11.3. The number of hydrogen-bond donors (Lipinski definition) is 1. The molecular formula is C17H13F4NO2. The zero-order chi connectivity index (χ0) is 17.5. The monoisotopic (exact) mass is 339 g/mol. The topological polar surface area (TPSA) is 50.2 Å². The molecule has 0 aliphatic heterocycles. The number of pyridine rings is 1. The van der Waals surface area contributed by atoms with Gasteiger partial charge < -0.3 is 5.11 Å². The van der Waals surface area contributed by atoms with Crippen molar-refractivity contribution in [1.82, 2.24) is 4.98 Å². The first kappa shape index (κ1) is 16.4. The Labute approximate surface area is 135 Å². The fourth-order valence-corrected chi connectivity index (χ4v) is 3.17. The van der Waals surface area contributed by atoms with E-state index in [0.29, 0.717) is 24.5 Å². The van der Waals surface area contributed by atoms with E-state index in [1.54, 1.807) is 6.20 Å². The fraction of sp³-hybridized carbons (Fsp3) is 0.294. The molecule has 2 aromatic rings. The summed E-state index contributed by atoms with van der Waals surface area (Å²) in [5, 5.41) is 8.95. The van der Waals surface area contributed by atoms with Crippen molar-refractivity contribution in [1.29, 1.82) is 0 Å². The maximum atomic E-state index is 14.2. The lowest BCUT2D eigenvalue weighted by atomic mass is 9.95. The second-order valence-corrected chi connectivity index (χ2v) is 5.78. The summed E-state index contributed by atoms with van der Waals surface area (Å²) in [7, 11) is 0. The zero-order valence-electron chi connectivity index (χ0n) is 12.4. The minimum Gasteiger partial charge on any atom is -0.481 e. The van der Waals surface area contributed by atoms with Gasteiger partial charge in [-0.15, -0.1) is 0 Å². The number of carboxylic acid groups (broad SMARTS) is 1. The molecule has 0 bridgehead atoms. The van der Waals surface area contributed by atoms with Crippen molar-refractivity contribution >= 4 is 5.97 Å². The molecule has 0 amide bonds. The van der Waals surface area contributed by atoms with E-state index >= 15 is 0 Å². The quantitative estimate of drug-likeness (QED) is 0.843. The molecule has 1 aliphatic rings. The van der Waals surface area contributed by atoms with Crippen LogP contribution in [0, 0.1) is 5.82 Å². The van der Waals surface area contributed by atoms with Crippen molar-refractivity contribution < 1.29 is 27.5 Å². The molecule has 0 spiro atoms. The minimum absolute atomic E-state index is 0.0447. The van der Waals surface area contributed by atoms with Gasteiger partial charge in [-0.25, -0.2) is 4.39 Å². The molecule has 3 rings (SSSR count). The van der Waals surface area contributed by atoms with Gasteiger partial charge in [-0.3, -0.25) is 9.78 Å². The maximum Gasteiger partial charge on any atom is 0.416 e. The van der Waals surface area contributed by atoms with Gasteiger partial charge in [-0.2, -0.15) is 13.2 Å². The van der Waals surface area contributed by atoms with Crippen molar-refractivity contribution in [2.75, 3.05) is 0 Å². The van der Waals surface area contributed by atoms with E-state index in [-0.39, 0.29) is 17.9 Å².